The molecular weight excluding hydrogens is 744 g/mol. The first-order chi connectivity index (χ1) is 27.0. The Labute approximate surface area is 345 Å². The summed E-state index contributed by atoms with van der Waals surface area (Å²) in [6, 6.07) is 0. The zero-order chi connectivity index (χ0) is 42.7. The Morgan fingerprint density at radius 2 is 1.24 bits per heavy atom. The van der Waals surface area contributed by atoms with Crippen LogP contribution in [-0.4, -0.2) is 79.9 Å². The fourth-order valence-corrected chi connectivity index (χ4v) is 14.5. The number of ether oxygens (including phenoxy) is 7. The van der Waals surface area contributed by atoms with E-state index in [2.05, 4.69) is 48.1 Å². The maximum atomic E-state index is 12.6. The Balaban J connectivity index is 1.28. The van der Waals surface area contributed by atoms with Crippen molar-refractivity contribution < 1.29 is 57.1 Å². The van der Waals surface area contributed by atoms with Gasteiger partial charge in [-0.15, -0.1) is 0 Å². The van der Waals surface area contributed by atoms with Gasteiger partial charge in [0, 0.05) is 40.0 Å². The van der Waals surface area contributed by atoms with Gasteiger partial charge in [-0.1, -0.05) is 46.8 Å². The van der Waals surface area contributed by atoms with Crippen molar-refractivity contribution in [3.05, 3.63) is 12.2 Å². The fraction of sp³-hybridized carbons (Fsp3) is 0.848. The quantitative estimate of drug-likeness (QED) is 0.0922. The summed E-state index contributed by atoms with van der Waals surface area (Å²) in [5, 5.41) is 0. The minimum absolute atomic E-state index is 0.0101. The fourth-order valence-electron chi connectivity index (χ4n) is 14.5. The Morgan fingerprint density at radius 1 is 0.621 bits per heavy atom. The van der Waals surface area contributed by atoms with Crippen LogP contribution in [0.1, 0.15) is 140 Å². The molecule has 12 nitrogen and oxygen atoms in total. The highest BCUT2D eigenvalue weighted by molar-refractivity contribution is 5.69. The molecule has 0 radical (unpaired) electrons. The number of hydrogen-bond donors (Lipinski definition) is 0. The van der Waals surface area contributed by atoms with Gasteiger partial charge in [0.1, 0.15) is 12.7 Å². The van der Waals surface area contributed by atoms with Gasteiger partial charge in [0.05, 0.1) is 12.7 Å². The Bertz CT molecular complexity index is 1640. The first kappa shape index (κ1) is 44.6. The summed E-state index contributed by atoms with van der Waals surface area (Å²) in [4.78, 5) is 61.4. The topological polar surface area (TPSA) is 150 Å². The van der Waals surface area contributed by atoms with Crippen molar-refractivity contribution in [1.82, 2.24) is 0 Å². The van der Waals surface area contributed by atoms with Gasteiger partial charge in [-0.3, -0.25) is 24.0 Å². The average molecular weight is 815 g/mol. The highest BCUT2D eigenvalue weighted by atomic mass is 16.7. The monoisotopic (exact) mass is 814 g/mol. The molecular formula is C46H70O12. The second kappa shape index (κ2) is 16.1. The third-order valence-electron chi connectivity index (χ3n) is 17.0. The summed E-state index contributed by atoms with van der Waals surface area (Å²) in [5.74, 6) is -0.538. The molecule has 0 aromatic heterocycles. The molecule has 6 rings (SSSR count). The van der Waals surface area contributed by atoms with Gasteiger partial charge in [0.15, 0.2) is 24.6 Å². The van der Waals surface area contributed by atoms with Crippen molar-refractivity contribution in [1.29, 1.82) is 0 Å². The average Bonchev–Trinajstić information content (AvgIpc) is 3.50. The molecule has 6 fully saturated rings. The lowest BCUT2D eigenvalue weighted by Gasteiger charge is -2.73. The van der Waals surface area contributed by atoms with Crippen molar-refractivity contribution in [3.8, 4) is 0 Å². The van der Waals surface area contributed by atoms with E-state index in [0.717, 1.165) is 64.2 Å². The van der Waals surface area contributed by atoms with Crippen LogP contribution in [0.25, 0.3) is 0 Å². The van der Waals surface area contributed by atoms with E-state index < -0.39 is 54.6 Å². The predicted molar refractivity (Wildman–Crippen MR) is 212 cm³/mol. The number of esters is 5. The van der Waals surface area contributed by atoms with Gasteiger partial charge >= 0.3 is 29.8 Å². The largest absolute Gasteiger partial charge is 0.465 e. The molecule has 0 amide bonds. The van der Waals surface area contributed by atoms with Crippen LogP contribution in [0.4, 0.5) is 0 Å². The van der Waals surface area contributed by atoms with E-state index in [4.69, 9.17) is 33.2 Å². The van der Waals surface area contributed by atoms with E-state index >= 15 is 0 Å². The molecule has 12 heteroatoms. The van der Waals surface area contributed by atoms with E-state index in [9.17, 15) is 24.0 Å². The van der Waals surface area contributed by atoms with Crippen LogP contribution in [0.15, 0.2) is 12.2 Å². The minimum Gasteiger partial charge on any atom is -0.465 e. The highest BCUT2D eigenvalue weighted by Gasteiger charge is 2.71. The second-order valence-corrected chi connectivity index (χ2v) is 20.4. The summed E-state index contributed by atoms with van der Waals surface area (Å²) in [5.41, 5.74) is 1.20. The van der Waals surface area contributed by atoms with Crippen molar-refractivity contribution in [2.45, 2.75) is 177 Å². The Hall–Kier alpha value is -2.99. The number of carbonyl (C=O) groups is 5. The molecule has 5 aliphatic carbocycles. The maximum absolute atomic E-state index is 12.6. The molecule has 0 aromatic rings. The molecule has 0 spiro atoms. The van der Waals surface area contributed by atoms with E-state index in [-0.39, 0.29) is 45.8 Å². The molecule has 1 aliphatic heterocycles. The third-order valence-corrected chi connectivity index (χ3v) is 17.0. The van der Waals surface area contributed by atoms with Crippen molar-refractivity contribution in [3.63, 3.8) is 0 Å². The van der Waals surface area contributed by atoms with Gasteiger partial charge in [-0.05, 0) is 122 Å². The molecule has 0 unspecified atom stereocenters. The standard InChI is InChI=1S/C46H70O12/c1-25(2)31-15-20-46(24-53-27(4)48)22-21-44(11)32(37(31)46)13-14-35-43(10)18-17-36(42(8,9)34(43)16-19-45(35,44)12)58-41-40(56-30(7)51)39(55-29(6)50)38(54-28(5)49)33(57-41)23-52-26(3)47/h31-41H,1,13-24H2,2-12H3/t31-,32+,33+,34-,35+,36-,37+,38-,39-,40+,41-,43-,44+,45+,46+/m0/s1. The van der Waals surface area contributed by atoms with Gasteiger partial charge in [-0.25, -0.2) is 0 Å². The molecule has 0 aromatic carbocycles. The maximum Gasteiger partial charge on any atom is 0.303 e. The van der Waals surface area contributed by atoms with Crippen LogP contribution >= 0.6 is 0 Å². The summed E-state index contributed by atoms with van der Waals surface area (Å²) in [6.45, 7) is 25.6. The Morgan fingerprint density at radius 3 is 1.84 bits per heavy atom. The zero-order valence-corrected chi connectivity index (χ0v) is 36.9. The van der Waals surface area contributed by atoms with E-state index in [1.165, 1.54) is 40.2 Å². The summed E-state index contributed by atoms with van der Waals surface area (Å²) in [7, 11) is 0. The van der Waals surface area contributed by atoms with Gasteiger partial charge in [0.25, 0.3) is 0 Å². The molecule has 58 heavy (non-hydrogen) atoms. The van der Waals surface area contributed by atoms with Crippen molar-refractivity contribution in [2.75, 3.05) is 13.2 Å². The predicted octanol–water partition coefficient (Wildman–Crippen LogP) is 7.68. The second-order valence-electron chi connectivity index (χ2n) is 20.4. The molecule has 15 atom stereocenters. The number of allylic oxidation sites excluding steroid dienone is 1. The van der Waals surface area contributed by atoms with Crippen LogP contribution < -0.4 is 0 Å². The lowest BCUT2D eigenvalue weighted by molar-refractivity contribution is -0.335. The summed E-state index contributed by atoms with van der Waals surface area (Å²) >= 11 is 0. The number of fused-ring (bicyclic) bond motifs is 7. The van der Waals surface area contributed by atoms with Gasteiger partial charge < -0.3 is 33.2 Å². The molecule has 0 N–H and O–H groups in total. The van der Waals surface area contributed by atoms with E-state index in [1.807, 2.05) is 0 Å². The van der Waals surface area contributed by atoms with Gasteiger partial charge in [-0.2, -0.15) is 0 Å². The molecule has 1 heterocycles. The Kier molecular flexibility index (Phi) is 12.4. The molecule has 5 saturated carbocycles. The molecule has 1 saturated heterocycles. The normalized spacial score (nSPS) is 43.9. The van der Waals surface area contributed by atoms with Gasteiger partial charge in [0.2, 0.25) is 0 Å². The number of hydrogen-bond acceptors (Lipinski definition) is 12. The van der Waals surface area contributed by atoms with Crippen LogP contribution in [0.3, 0.4) is 0 Å². The third kappa shape index (κ3) is 7.64. The number of rotatable bonds is 10. The molecule has 326 valence electrons. The zero-order valence-electron chi connectivity index (χ0n) is 36.9. The minimum atomic E-state index is -1.28. The lowest BCUT2D eigenvalue weighted by Crippen LogP contribution is -2.67. The van der Waals surface area contributed by atoms with Crippen LogP contribution in [-0.2, 0) is 57.1 Å². The van der Waals surface area contributed by atoms with Crippen LogP contribution in [0.2, 0.25) is 0 Å². The first-order valence-electron chi connectivity index (χ1n) is 21.8. The lowest BCUT2D eigenvalue weighted by atomic mass is 9.32. The molecule has 6 aliphatic rings. The summed E-state index contributed by atoms with van der Waals surface area (Å²) in [6.07, 6.45) is 4.13. The smallest absolute Gasteiger partial charge is 0.303 e. The van der Waals surface area contributed by atoms with E-state index in [1.54, 1.807) is 0 Å². The number of carbonyl (C=O) groups excluding carboxylic acids is 5. The first-order valence-corrected chi connectivity index (χ1v) is 21.8. The molecule has 0 bridgehead atoms. The highest BCUT2D eigenvalue weighted by Crippen LogP contribution is 2.77. The summed E-state index contributed by atoms with van der Waals surface area (Å²) < 4.78 is 41.6. The van der Waals surface area contributed by atoms with Crippen molar-refractivity contribution in [2.24, 2.45) is 56.7 Å². The van der Waals surface area contributed by atoms with E-state index in [0.29, 0.717) is 36.2 Å². The van der Waals surface area contributed by atoms with Crippen LogP contribution in [0, 0.1) is 56.7 Å². The van der Waals surface area contributed by atoms with Crippen molar-refractivity contribution >= 4 is 29.8 Å². The van der Waals surface area contributed by atoms with Crippen LogP contribution in [0.5, 0.6) is 0 Å². The SMILES string of the molecule is C=C(C)[C@@H]1CC[C@]2(COC(C)=O)CC[C@]3(C)[C@H](CC[C@@H]4[C@@]5(C)CC[C@H](O[C@@H]6O[C@H](COC(C)=O)[C@H](OC(C)=O)[C@H](OC(C)=O)[C@H]6OC(C)=O)C(C)(C)[C@@H]5CC[C@]43C)[C@@H]12.